The monoisotopic (exact) mass is 535 g/mol. The standard InChI is InChI=1S/C30H37N3O6/c1-20(2)27(33-30(38)39-19-22-12-7-4-8-13-22)29(37)32-25(16-21-10-5-3-6-11-21)28(36)31-24(18-34)17-23-14-9-15-26(23)35/h3-8,10-13,18,20,23-25,27H,9,14-17,19H2,1-2H3,(H,31,36)(H,32,37)(H,33,38)/t23-,24-,25-,27-/m0/s1. The van der Waals surface area contributed by atoms with Crippen molar-refractivity contribution in [1.82, 2.24) is 16.0 Å². The first-order valence-electron chi connectivity index (χ1n) is 13.4. The van der Waals surface area contributed by atoms with E-state index in [4.69, 9.17) is 4.74 Å². The predicted octanol–water partition coefficient (Wildman–Crippen LogP) is 3.11. The molecule has 1 aliphatic rings. The second-order valence-electron chi connectivity index (χ2n) is 10.2. The van der Waals surface area contributed by atoms with Gasteiger partial charge in [0, 0.05) is 18.8 Å². The fourth-order valence-electron chi connectivity index (χ4n) is 4.62. The Hall–Kier alpha value is -4.01. The number of carbonyl (C=O) groups is 5. The Bertz CT molecular complexity index is 1120. The summed E-state index contributed by atoms with van der Waals surface area (Å²) in [5, 5.41) is 8.06. The fraction of sp³-hybridized carbons (Fsp3) is 0.433. The number of hydrogen-bond acceptors (Lipinski definition) is 6. The summed E-state index contributed by atoms with van der Waals surface area (Å²) in [6.45, 7) is 3.60. The van der Waals surface area contributed by atoms with Gasteiger partial charge in [0.05, 0.1) is 6.04 Å². The van der Waals surface area contributed by atoms with Crippen LogP contribution in [0.15, 0.2) is 60.7 Å². The zero-order chi connectivity index (χ0) is 28.2. The molecule has 2 aromatic rings. The zero-order valence-electron chi connectivity index (χ0n) is 22.4. The minimum absolute atomic E-state index is 0.0503. The number of alkyl carbamates (subject to hydrolysis) is 1. The molecule has 0 aliphatic heterocycles. The SMILES string of the molecule is CC(C)[C@H](NC(=O)OCc1ccccc1)C(=O)N[C@@H](Cc1ccccc1)C(=O)N[C@H](C=O)C[C@@H]1CCCC1=O. The molecule has 2 aromatic carbocycles. The maximum Gasteiger partial charge on any atom is 0.408 e. The summed E-state index contributed by atoms with van der Waals surface area (Å²) >= 11 is 0. The molecule has 9 heteroatoms. The van der Waals surface area contributed by atoms with E-state index in [1.54, 1.807) is 13.8 Å². The van der Waals surface area contributed by atoms with Crippen LogP contribution in [0.3, 0.4) is 0 Å². The van der Waals surface area contributed by atoms with Gasteiger partial charge in [-0.15, -0.1) is 0 Å². The molecule has 4 atom stereocenters. The molecule has 39 heavy (non-hydrogen) atoms. The van der Waals surface area contributed by atoms with Crippen molar-refractivity contribution in [3.05, 3.63) is 71.8 Å². The van der Waals surface area contributed by atoms with Gasteiger partial charge in [-0.2, -0.15) is 0 Å². The topological polar surface area (TPSA) is 131 Å². The minimum Gasteiger partial charge on any atom is -0.445 e. The minimum atomic E-state index is -1.01. The van der Waals surface area contributed by atoms with Gasteiger partial charge >= 0.3 is 6.09 Å². The number of ketones is 1. The molecule has 3 rings (SSSR count). The number of nitrogens with one attached hydrogen (secondary N) is 3. The Labute approximate surface area is 229 Å². The van der Waals surface area contributed by atoms with Gasteiger partial charge in [0.15, 0.2) is 0 Å². The lowest BCUT2D eigenvalue weighted by Gasteiger charge is -2.26. The van der Waals surface area contributed by atoms with E-state index in [1.807, 2.05) is 60.7 Å². The van der Waals surface area contributed by atoms with Crippen LogP contribution in [0, 0.1) is 11.8 Å². The highest BCUT2D eigenvalue weighted by molar-refractivity contribution is 5.92. The van der Waals surface area contributed by atoms with Gasteiger partial charge in [-0.1, -0.05) is 74.5 Å². The van der Waals surface area contributed by atoms with E-state index in [9.17, 15) is 24.0 Å². The number of hydrogen-bond donors (Lipinski definition) is 3. The third-order valence-corrected chi connectivity index (χ3v) is 6.81. The normalized spacial score (nSPS) is 17.1. The molecule has 0 unspecified atom stereocenters. The van der Waals surface area contributed by atoms with Crippen LogP contribution in [-0.4, -0.2) is 48.1 Å². The van der Waals surface area contributed by atoms with Crippen LogP contribution in [0.4, 0.5) is 4.79 Å². The predicted molar refractivity (Wildman–Crippen MR) is 145 cm³/mol. The van der Waals surface area contributed by atoms with Crippen LogP contribution < -0.4 is 16.0 Å². The molecule has 3 N–H and O–H groups in total. The van der Waals surface area contributed by atoms with Crippen LogP contribution in [0.1, 0.15) is 50.7 Å². The molecular formula is C30H37N3O6. The van der Waals surface area contributed by atoms with Crippen LogP contribution >= 0.6 is 0 Å². The first kappa shape index (κ1) is 29.5. The number of benzene rings is 2. The largest absolute Gasteiger partial charge is 0.445 e. The molecule has 0 bridgehead atoms. The molecule has 9 nitrogen and oxygen atoms in total. The highest BCUT2D eigenvalue weighted by Crippen LogP contribution is 2.25. The number of aldehydes is 1. The Morgan fingerprint density at radius 2 is 1.56 bits per heavy atom. The quantitative estimate of drug-likeness (QED) is 0.338. The van der Waals surface area contributed by atoms with Gasteiger partial charge in [-0.3, -0.25) is 14.4 Å². The Morgan fingerprint density at radius 3 is 2.13 bits per heavy atom. The van der Waals surface area contributed by atoms with E-state index < -0.39 is 36.0 Å². The Balaban J connectivity index is 1.67. The number of rotatable bonds is 13. The van der Waals surface area contributed by atoms with E-state index in [0.717, 1.165) is 17.5 Å². The summed E-state index contributed by atoms with van der Waals surface area (Å²) < 4.78 is 5.27. The number of amides is 3. The third-order valence-electron chi connectivity index (χ3n) is 6.81. The molecule has 1 saturated carbocycles. The van der Waals surface area contributed by atoms with E-state index in [-0.39, 0.29) is 37.1 Å². The number of carbonyl (C=O) groups excluding carboxylic acids is 5. The van der Waals surface area contributed by atoms with Crippen LogP contribution in [0.2, 0.25) is 0 Å². The van der Waals surface area contributed by atoms with Gasteiger partial charge in [-0.25, -0.2) is 4.79 Å². The van der Waals surface area contributed by atoms with Crippen molar-refractivity contribution in [2.75, 3.05) is 0 Å². The summed E-state index contributed by atoms with van der Waals surface area (Å²) in [7, 11) is 0. The molecule has 0 saturated heterocycles. The molecule has 1 aliphatic carbocycles. The maximum absolute atomic E-state index is 13.3. The first-order valence-corrected chi connectivity index (χ1v) is 13.4. The third kappa shape index (κ3) is 9.35. The van der Waals surface area contributed by atoms with Gasteiger partial charge in [-0.05, 0) is 36.3 Å². The fourth-order valence-corrected chi connectivity index (χ4v) is 4.62. The molecular weight excluding hydrogens is 498 g/mol. The van der Waals surface area contributed by atoms with Gasteiger partial charge in [0.2, 0.25) is 11.8 Å². The van der Waals surface area contributed by atoms with Gasteiger partial charge in [0.1, 0.15) is 30.8 Å². The lowest BCUT2D eigenvalue weighted by atomic mass is 9.97. The highest BCUT2D eigenvalue weighted by Gasteiger charge is 2.32. The highest BCUT2D eigenvalue weighted by atomic mass is 16.5. The smallest absolute Gasteiger partial charge is 0.408 e. The van der Waals surface area contributed by atoms with Gasteiger partial charge in [0.25, 0.3) is 0 Å². The summed E-state index contributed by atoms with van der Waals surface area (Å²) in [5.74, 6) is -1.53. The molecule has 1 fully saturated rings. The van der Waals surface area contributed by atoms with Crippen molar-refractivity contribution in [2.24, 2.45) is 11.8 Å². The van der Waals surface area contributed by atoms with Crippen LogP contribution in [0.25, 0.3) is 0 Å². The number of Topliss-reactive ketones (excluding diaryl/α,β-unsaturated/α-hetero) is 1. The summed E-state index contributed by atoms with van der Waals surface area (Å²) in [6.07, 6.45) is 2.27. The maximum atomic E-state index is 13.3. The zero-order valence-corrected chi connectivity index (χ0v) is 22.4. The van der Waals surface area contributed by atoms with Crippen molar-refractivity contribution in [3.63, 3.8) is 0 Å². The van der Waals surface area contributed by atoms with E-state index in [0.29, 0.717) is 19.1 Å². The Kier molecular flexibility index (Phi) is 11.2. The van der Waals surface area contributed by atoms with Crippen molar-refractivity contribution in [3.8, 4) is 0 Å². The van der Waals surface area contributed by atoms with Crippen molar-refractivity contribution in [1.29, 1.82) is 0 Å². The van der Waals surface area contributed by atoms with Gasteiger partial charge < -0.3 is 25.5 Å². The van der Waals surface area contributed by atoms with E-state index in [1.165, 1.54) is 0 Å². The number of ether oxygens (including phenoxy) is 1. The van der Waals surface area contributed by atoms with Crippen molar-refractivity contribution < 1.29 is 28.7 Å². The van der Waals surface area contributed by atoms with Crippen molar-refractivity contribution >= 4 is 30.0 Å². The molecule has 3 amide bonds. The summed E-state index contributed by atoms with van der Waals surface area (Å²) in [4.78, 5) is 62.9. The Morgan fingerprint density at radius 1 is 0.923 bits per heavy atom. The van der Waals surface area contributed by atoms with Crippen LogP contribution in [0.5, 0.6) is 0 Å². The average molecular weight is 536 g/mol. The molecule has 0 heterocycles. The lowest BCUT2D eigenvalue weighted by Crippen LogP contribution is -2.57. The molecule has 0 radical (unpaired) electrons. The average Bonchev–Trinajstić information content (AvgIpc) is 3.34. The molecule has 0 aromatic heterocycles. The first-order chi connectivity index (χ1) is 18.8. The second kappa shape index (κ2) is 14.8. The molecule has 208 valence electrons. The van der Waals surface area contributed by atoms with Crippen LogP contribution in [-0.2, 0) is 36.9 Å². The van der Waals surface area contributed by atoms with E-state index in [2.05, 4.69) is 16.0 Å². The molecule has 0 spiro atoms. The van der Waals surface area contributed by atoms with Crippen molar-refractivity contribution in [2.45, 2.75) is 70.7 Å². The second-order valence-corrected chi connectivity index (χ2v) is 10.2. The summed E-state index contributed by atoms with van der Waals surface area (Å²) in [5.41, 5.74) is 1.62. The van der Waals surface area contributed by atoms with E-state index >= 15 is 0 Å². The lowest BCUT2D eigenvalue weighted by molar-refractivity contribution is -0.131. The summed E-state index contributed by atoms with van der Waals surface area (Å²) in [6, 6.07) is 15.5.